The molecule has 1 aromatic rings. The molecule has 4 fully saturated rings. The molecule has 4 saturated carbocycles. The van der Waals surface area contributed by atoms with E-state index in [-0.39, 0.29) is 36.2 Å². The fraction of sp³-hybridized carbons (Fsp3) is 0.583. The molecule has 1 aromatic carbocycles. The Hall–Kier alpha value is -2.70. The zero-order chi connectivity index (χ0) is 22.0. The number of Topliss-reactive ketones (excluding diaryl/α,β-unsaturated/α-hetero) is 1. The first-order valence-electron chi connectivity index (χ1n) is 11.1. The fourth-order valence-corrected chi connectivity index (χ4v) is 6.30. The third-order valence-electron chi connectivity index (χ3n) is 7.02. The summed E-state index contributed by atoms with van der Waals surface area (Å²) in [5.41, 5.74) is 1.10. The van der Waals surface area contributed by atoms with Crippen molar-refractivity contribution in [3.05, 3.63) is 29.8 Å². The van der Waals surface area contributed by atoms with Crippen LogP contribution in [0.25, 0.3) is 0 Å². The summed E-state index contributed by atoms with van der Waals surface area (Å²) >= 11 is 0. The Morgan fingerprint density at radius 1 is 0.968 bits per heavy atom. The van der Waals surface area contributed by atoms with E-state index in [9.17, 15) is 19.2 Å². The number of amides is 2. The van der Waals surface area contributed by atoms with Crippen LogP contribution in [0.3, 0.4) is 0 Å². The van der Waals surface area contributed by atoms with Crippen molar-refractivity contribution < 1.29 is 23.9 Å². The Kier molecular flexibility index (Phi) is 6.12. The van der Waals surface area contributed by atoms with Gasteiger partial charge in [0, 0.05) is 24.6 Å². The Morgan fingerprint density at radius 2 is 1.55 bits per heavy atom. The van der Waals surface area contributed by atoms with E-state index < -0.39 is 5.97 Å². The van der Waals surface area contributed by atoms with Crippen molar-refractivity contribution in [2.75, 3.05) is 18.5 Å². The highest BCUT2D eigenvalue weighted by Gasteiger charge is 2.51. The normalized spacial score (nSPS) is 28.1. The first-order valence-corrected chi connectivity index (χ1v) is 11.1. The van der Waals surface area contributed by atoms with Gasteiger partial charge in [-0.2, -0.15) is 0 Å². The van der Waals surface area contributed by atoms with Crippen molar-refractivity contribution in [3.8, 4) is 0 Å². The molecule has 0 unspecified atom stereocenters. The molecular formula is C24H30N2O5. The van der Waals surface area contributed by atoms with E-state index in [2.05, 4.69) is 10.6 Å². The topological polar surface area (TPSA) is 102 Å². The predicted octanol–water partition coefficient (Wildman–Crippen LogP) is 3.09. The maximum Gasteiger partial charge on any atom is 0.325 e. The van der Waals surface area contributed by atoms with Gasteiger partial charge in [-0.25, -0.2) is 0 Å². The van der Waals surface area contributed by atoms with E-state index >= 15 is 0 Å². The molecule has 0 radical (unpaired) electrons. The maximum absolute atomic E-state index is 12.5. The van der Waals surface area contributed by atoms with E-state index in [1.807, 2.05) is 0 Å². The number of rotatable bonds is 8. The molecule has 0 aliphatic heterocycles. The van der Waals surface area contributed by atoms with E-state index in [4.69, 9.17) is 4.74 Å². The average Bonchev–Trinajstić information content (AvgIpc) is 2.69. The summed E-state index contributed by atoms with van der Waals surface area (Å²) in [5, 5.41) is 5.30. The van der Waals surface area contributed by atoms with Crippen molar-refractivity contribution in [3.63, 3.8) is 0 Å². The standard InChI is InChI=1S/C24H30N2O5/c1-15(27)26-20-4-2-19(3-5-20)21(28)14-31-23(30)13-25-22(29)12-24-9-16-6-17(10-24)8-18(7-16)11-24/h2-5,16-18H,6-14H2,1H3,(H,25,29)(H,26,27). The summed E-state index contributed by atoms with van der Waals surface area (Å²) in [6.07, 6.45) is 7.92. The molecule has 166 valence electrons. The molecule has 0 spiro atoms. The molecule has 0 atom stereocenters. The summed E-state index contributed by atoms with van der Waals surface area (Å²) in [5.74, 6) is 1.08. The van der Waals surface area contributed by atoms with Gasteiger partial charge >= 0.3 is 5.97 Å². The number of esters is 1. The minimum absolute atomic E-state index is 0.0983. The van der Waals surface area contributed by atoms with Crippen LogP contribution in [0.4, 0.5) is 5.69 Å². The van der Waals surface area contributed by atoms with Gasteiger partial charge in [0.15, 0.2) is 12.4 Å². The highest BCUT2D eigenvalue weighted by Crippen LogP contribution is 2.61. The van der Waals surface area contributed by atoms with Crippen LogP contribution in [0, 0.1) is 23.2 Å². The second kappa shape index (κ2) is 8.81. The van der Waals surface area contributed by atoms with Gasteiger partial charge in [-0.15, -0.1) is 0 Å². The summed E-state index contributed by atoms with van der Waals surface area (Å²) in [7, 11) is 0. The third-order valence-corrected chi connectivity index (χ3v) is 7.02. The van der Waals surface area contributed by atoms with Crippen molar-refractivity contribution in [1.29, 1.82) is 0 Å². The Labute approximate surface area is 182 Å². The highest BCUT2D eigenvalue weighted by atomic mass is 16.5. The largest absolute Gasteiger partial charge is 0.456 e. The SMILES string of the molecule is CC(=O)Nc1ccc(C(=O)COC(=O)CNC(=O)CC23CC4CC(CC(C4)C2)C3)cc1. The number of hydrogen-bond acceptors (Lipinski definition) is 5. The summed E-state index contributed by atoms with van der Waals surface area (Å²) in [4.78, 5) is 47.7. The Balaban J connectivity index is 1.18. The van der Waals surface area contributed by atoms with Crippen LogP contribution in [0.2, 0.25) is 0 Å². The first-order chi connectivity index (χ1) is 14.8. The third kappa shape index (κ3) is 5.32. The van der Waals surface area contributed by atoms with Crippen LogP contribution in [0.15, 0.2) is 24.3 Å². The Morgan fingerprint density at radius 3 is 2.10 bits per heavy atom. The molecule has 7 nitrogen and oxygen atoms in total. The van der Waals surface area contributed by atoms with Gasteiger partial charge in [-0.1, -0.05) is 0 Å². The van der Waals surface area contributed by atoms with Gasteiger partial charge in [0.1, 0.15) is 6.54 Å². The number of benzene rings is 1. The number of ketones is 1. The molecule has 31 heavy (non-hydrogen) atoms. The average molecular weight is 427 g/mol. The molecule has 0 heterocycles. The van der Waals surface area contributed by atoms with E-state index in [1.54, 1.807) is 24.3 Å². The van der Waals surface area contributed by atoms with Gasteiger partial charge in [0.05, 0.1) is 0 Å². The van der Waals surface area contributed by atoms with E-state index in [0.717, 1.165) is 37.0 Å². The number of carbonyl (C=O) groups is 4. The Bertz CT molecular complexity index is 841. The lowest BCUT2D eigenvalue weighted by Crippen LogP contribution is -2.48. The smallest absolute Gasteiger partial charge is 0.325 e. The number of carbonyl (C=O) groups excluding carboxylic acids is 4. The molecule has 2 N–H and O–H groups in total. The number of ether oxygens (including phenoxy) is 1. The van der Waals surface area contributed by atoms with Crippen LogP contribution in [-0.4, -0.2) is 36.7 Å². The second-order valence-electron chi connectivity index (χ2n) is 9.71. The van der Waals surface area contributed by atoms with Gasteiger partial charge in [-0.3, -0.25) is 19.2 Å². The minimum Gasteiger partial charge on any atom is -0.456 e. The fourth-order valence-electron chi connectivity index (χ4n) is 6.30. The summed E-state index contributed by atoms with van der Waals surface area (Å²) in [6, 6.07) is 6.35. The van der Waals surface area contributed by atoms with Crippen molar-refractivity contribution in [2.24, 2.45) is 23.2 Å². The second-order valence-corrected chi connectivity index (χ2v) is 9.71. The first kappa shape index (κ1) is 21.5. The van der Waals surface area contributed by atoms with Gasteiger partial charge in [-0.05, 0) is 86.0 Å². The number of nitrogens with one attached hydrogen (secondary N) is 2. The monoisotopic (exact) mass is 426 g/mol. The molecule has 4 aliphatic carbocycles. The quantitative estimate of drug-likeness (QED) is 0.491. The number of hydrogen-bond donors (Lipinski definition) is 2. The highest BCUT2D eigenvalue weighted by molar-refractivity contribution is 5.98. The van der Waals surface area contributed by atoms with Crippen molar-refractivity contribution in [2.45, 2.75) is 51.9 Å². The molecule has 4 bridgehead atoms. The van der Waals surface area contributed by atoms with Crippen LogP contribution < -0.4 is 10.6 Å². The van der Waals surface area contributed by atoms with E-state index in [1.165, 1.54) is 26.2 Å². The van der Waals surface area contributed by atoms with Crippen molar-refractivity contribution >= 4 is 29.3 Å². The lowest BCUT2D eigenvalue weighted by atomic mass is 9.49. The zero-order valence-corrected chi connectivity index (χ0v) is 17.9. The zero-order valence-electron chi connectivity index (χ0n) is 17.9. The lowest BCUT2D eigenvalue weighted by molar-refractivity contribution is -0.143. The van der Waals surface area contributed by atoms with Crippen LogP contribution in [0.1, 0.15) is 62.2 Å². The summed E-state index contributed by atoms with van der Waals surface area (Å²) in [6.45, 7) is 0.795. The maximum atomic E-state index is 12.5. The molecule has 5 rings (SSSR count). The molecule has 7 heteroatoms. The minimum atomic E-state index is -0.623. The van der Waals surface area contributed by atoms with Crippen molar-refractivity contribution in [1.82, 2.24) is 5.32 Å². The van der Waals surface area contributed by atoms with Crippen LogP contribution in [0.5, 0.6) is 0 Å². The van der Waals surface area contributed by atoms with Gasteiger partial charge < -0.3 is 15.4 Å². The van der Waals surface area contributed by atoms with Gasteiger partial charge in [0.25, 0.3) is 0 Å². The predicted molar refractivity (Wildman–Crippen MR) is 114 cm³/mol. The van der Waals surface area contributed by atoms with E-state index in [0.29, 0.717) is 17.7 Å². The lowest BCUT2D eigenvalue weighted by Gasteiger charge is -2.56. The van der Waals surface area contributed by atoms with Gasteiger partial charge in [0.2, 0.25) is 11.8 Å². The summed E-state index contributed by atoms with van der Waals surface area (Å²) < 4.78 is 5.02. The molecule has 0 aromatic heterocycles. The molecule has 2 amide bonds. The number of anilines is 1. The van der Waals surface area contributed by atoms with Crippen LogP contribution in [-0.2, 0) is 19.1 Å². The molecule has 0 saturated heterocycles. The molecular weight excluding hydrogens is 396 g/mol. The molecule has 4 aliphatic rings. The van der Waals surface area contributed by atoms with Crippen LogP contribution >= 0.6 is 0 Å².